The van der Waals surface area contributed by atoms with Gasteiger partial charge >= 0.3 is 5.69 Å². The summed E-state index contributed by atoms with van der Waals surface area (Å²) in [6, 6.07) is 10.1. The second-order valence-electron chi connectivity index (χ2n) is 4.78. The lowest BCUT2D eigenvalue weighted by molar-refractivity contribution is -0.116. The largest absolute Gasteiger partial charge is 0.328 e. The number of aromatic nitrogens is 4. The molecular weight excluding hydrogens is 298 g/mol. The maximum atomic E-state index is 12.0. The van der Waals surface area contributed by atoms with Crippen LogP contribution in [0.25, 0.3) is 5.69 Å². The third-order valence-corrected chi connectivity index (χ3v) is 3.13. The number of aromatic amines is 1. The smallest absolute Gasteiger partial charge is 0.325 e. The number of H-pyrrole nitrogens is 1. The number of hydrogen-bond acceptors (Lipinski definition) is 4. The van der Waals surface area contributed by atoms with Gasteiger partial charge in [-0.25, -0.2) is 9.48 Å². The molecule has 0 saturated heterocycles. The highest BCUT2D eigenvalue weighted by molar-refractivity contribution is 5.90. The van der Waals surface area contributed by atoms with Crippen LogP contribution in [0.15, 0.2) is 64.6 Å². The van der Waals surface area contributed by atoms with Crippen molar-refractivity contribution in [1.82, 2.24) is 19.3 Å². The molecule has 0 bridgehead atoms. The van der Waals surface area contributed by atoms with Crippen LogP contribution >= 0.6 is 0 Å². The average Bonchev–Trinajstić information content (AvgIpc) is 3.05. The number of nitrogens with zero attached hydrogens (tertiary/aromatic N) is 3. The molecule has 2 heterocycles. The lowest BCUT2D eigenvalue weighted by Crippen LogP contribution is -2.32. The second kappa shape index (κ2) is 6.14. The van der Waals surface area contributed by atoms with E-state index >= 15 is 0 Å². The minimum absolute atomic E-state index is 0.184. The van der Waals surface area contributed by atoms with Crippen molar-refractivity contribution < 1.29 is 4.79 Å². The molecule has 116 valence electrons. The van der Waals surface area contributed by atoms with Crippen molar-refractivity contribution in [1.29, 1.82) is 0 Å². The number of hydrogen-bond donors (Lipinski definition) is 2. The molecule has 0 radical (unpaired) electrons. The summed E-state index contributed by atoms with van der Waals surface area (Å²) in [5, 5.41) is 6.80. The second-order valence-corrected chi connectivity index (χ2v) is 4.78. The number of carbonyl (C=O) groups is 1. The van der Waals surface area contributed by atoms with Crippen LogP contribution in [0.4, 0.5) is 5.69 Å². The monoisotopic (exact) mass is 311 g/mol. The molecule has 0 aliphatic rings. The van der Waals surface area contributed by atoms with Gasteiger partial charge in [0, 0.05) is 30.3 Å². The maximum absolute atomic E-state index is 12.0. The van der Waals surface area contributed by atoms with Crippen LogP contribution in [-0.2, 0) is 11.3 Å². The van der Waals surface area contributed by atoms with E-state index in [4.69, 9.17) is 0 Å². The Labute approximate surface area is 130 Å². The third kappa shape index (κ3) is 3.43. The van der Waals surface area contributed by atoms with Gasteiger partial charge in [0.2, 0.25) is 5.91 Å². The molecule has 0 spiro atoms. The Morgan fingerprint density at radius 2 is 1.91 bits per heavy atom. The number of carbonyl (C=O) groups excluding carboxylic acids is 1. The Balaban J connectivity index is 1.68. The summed E-state index contributed by atoms with van der Waals surface area (Å²) >= 11 is 0. The quantitative estimate of drug-likeness (QED) is 0.726. The van der Waals surface area contributed by atoms with E-state index < -0.39 is 11.2 Å². The van der Waals surface area contributed by atoms with Crippen LogP contribution in [0, 0.1) is 0 Å². The topological polar surface area (TPSA) is 102 Å². The first-order valence-corrected chi connectivity index (χ1v) is 6.81. The Morgan fingerprint density at radius 1 is 1.13 bits per heavy atom. The minimum atomic E-state index is -0.623. The minimum Gasteiger partial charge on any atom is -0.325 e. The molecule has 0 atom stereocenters. The van der Waals surface area contributed by atoms with Crippen molar-refractivity contribution in [3.05, 3.63) is 75.8 Å². The molecule has 0 aliphatic carbocycles. The first kappa shape index (κ1) is 14.5. The Morgan fingerprint density at radius 3 is 2.57 bits per heavy atom. The summed E-state index contributed by atoms with van der Waals surface area (Å²) in [5.41, 5.74) is 0.343. The summed E-state index contributed by atoms with van der Waals surface area (Å²) in [4.78, 5) is 36.5. The molecule has 0 saturated carbocycles. The number of amides is 1. The molecule has 3 aromatic rings. The van der Waals surface area contributed by atoms with Crippen LogP contribution < -0.4 is 16.6 Å². The first-order chi connectivity index (χ1) is 11.1. The van der Waals surface area contributed by atoms with E-state index in [-0.39, 0.29) is 12.5 Å². The van der Waals surface area contributed by atoms with Crippen LogP contribution in [-0.4, -0.2) is 25.2 Å². The van der Waals surface area contributed by atoms with Crippen LogP contribution in [0.2, 0.25) is 0 Å². The predicted octanol–water partition coefficient (Wildman–Crippen LogP) is 0.361. The zero-order valence-electron chi connectivity index (χ0n) is 12.0. The summed E-state index contributed by atoms with van der Waals surface area (Å²) in [6.45, 7) is -0.184. The van der Waals surface area contributed by atoms with Gasteiger partial charge in [-0.2, -0.15) is 5.10 Å². The summed E-state index contributed by atoms with van der Waals surface area (Å²) in [7, 11) is 0. The molecule has 23 heavy (non-hydrogen) atoms. The fraction of sp³-hybridized carbons (Fsp3) is 0.0667. The molecule has 1 aromatic carbocycles. The van der Waals surface area contributed by atoms with E-state index in [2.05, 4.69) is 15.4 Å². The van der Waals surface area contributed by atoms with Gasteiger partial charge in [0.15, 0.2) is 0 Å². The van der Waals surface area contributed by atoms with E-state index in [1.165, 1.54) is 12.3 Å². The van der Waals surface area contributed by atoms with E-state index in [0.717, 1.165) is 10.3 Å². The molecule has 8 heteroatoms. The fourth-order valence-corrected chi connectivity index (χ4v) is 2.04. The highest BCUT2D eigenvalue weighted by Crippen LogP contribution is 2.12. The number of anilines is 1. The zero-order valence-corrected chi connectivity index (χ0v) is 12.0. The van der Waals surface area contributed by atoms with Gasteiger partial charge in [-0.15, -0.1) is 0 Å². The fourth-order valence-electron chi connectivity index (χ4n) is 2.04. The predicted molar refractivity (Wildman–Crippen MR) is 83.5 cm³/mol. The van der Waals surface area contributed by atoms with Crippen LogP contribution in [0.3, 0.4) is 0 Å². The third-order valence-electron chi connectivity index (χ3n) is 3.13. The number of benzene rings is 1. The van der Waals surface area contributed by atoms with Crippen molar-refractivity contribution in [3.8, 4) is 5.69 Å². The van der Waals surface area contributed by atoms with Gasteiger partial charge in [0.05, 0.1) is 5.69 Å². The van der Waals surface area contributed by atoms with Crippen molar-refractivity contribution in [3.63, 3.8) is 0 Å². The number of nitrogens with one attached hydrogen (secondary N) is 2. The molecule has 1 amide bonds. The zero-order chi connectivity index (χ0) is 16.2. The summed E-state index contributed by atoms with van der Waals surface area (Å²) < 4.78 is 2.82. The average molecular weight is 311 g/mol. The Hall–Kier alpha value is -3.42. The molecule has 0 fully saturated rings. The molecule has 0 unspecified atom stereocenters. The lowest BCUT2D eigenvalue weighted by atomic mass is 10.3. The molecule has 0 aliphatic heterocycles. The van der Waals surface area contributed by atoms with Gasteiger partial charge in [-0.3, -0.25) is 19.1 Å². The van der Waals surface area contributed by atoms with E-state index in [0.29, 0.717) is 5.69 Å². The van der Waals surface area contributed by atoms with Crippen molar-refractivity contribution in [2.24, 2.45) is 0 Å². The van der Waals surface area contributed by atoms with Gasteiger partial charge < -0.3 is 5.32 Å². The number of rotatable bonds is 4. The molecule has 2 aromatic heterocycles. The van der Waals surface area contributed by atoms with Crippen molar-refractivity contribution >= 4 is 11.6 Å². The Bertz CT molecular complexity index is 923. The summed E-state index contributed by atoms with van der Waals surface area (Å²) in [5.74, 6) is -0.369. The molecule has 2 N–H and O–H groups in total. The van der Waals surface area contributed by atoms with Gasteiger partial charge in [0.1, 0.15) is 6.54 Å². The standard InChI is InChI=1S/C15H13N5O3/c21-13-6-9-19(15(23)18-13)10-14(22)17-11-2-4-12(5-3-11)20-8-1-7-16-20/h1-9H,10H2,(H,17,22)(H,18,21,23). The van der Waals surface area contributed by atoms with E-state index in [9.17, 15) is 14.4 Å². The van der Waals surface area contributed by atoms with Crippen LogP contribution in [0.1, 0.15) is 0 Å². The molecule has 3 rings (SSSR count). The lowest BCUT2D eigenvalue weighted by Gasteiger charge is -2.08. The first-order valence-electron chi connectivity index (χ1n) is 6.81. The van der Waals surface area contributed by atoms with Gasteiger partial charge in [-0.05, 0) is 30.3 Å². The van der Waals surface area contributed by atoms with Crippen molar-refractivity contribution in [2.45, 2.75) is 6.54 Å². The highest BCUT2D eigenvalue weighted by Gasteiger charge is 2.06. The molecular formula is C15H13N5O3. The Kier molecular flexibility index (Phi) is 3.88. The van der Waals surface area contributed by atoms with Crippen LogP contribution in [0.5, 0.6) is 0 Å². The maximum Gasteiger partial charge on any atom is 0.328 e. The van der Waals surface area contributed by atoms with Gasteiger partial charge in [-0.1, -0.05) is 0 Å². The normalized spacial score (nSPS) is 10.4. The van der Waals surface area contributed by atoms with Crippen molar-refractivity contribution in [2.75, 3.05) is 5.32 Å². The SMILES string of the molecule is O=C(Cn1ccc(=O)[nH]c1=O)Nc1ccc(-n2cccn2)cc1. The molecule has 8 nitrogen and oxygen atoms in total. The summed E-state index contributed by atoms with van der Waals surface area (Å²) in [6.07, 6.45) is 4.77. The van der Waals surface area contributed by atoms with E-state index in [1.807, 2.05) is 24.4 Å². The van der Waals surface area contributed by atoms with Gasteiger partial charge in [0.25, 0.3) is 5.56 Å². The van der Waals surface area contributed by atoms with E-state index in [1.54, 1.807) is 23.0 Å². The highest BCUT2D eigenvalue weighted by atomic mass is 16.2.